The summed E-state index contributed by atoms with van der Waals surface area (Å²) in [5.41, 5.74) is 13.4. The minimum absolute atomic E-state index is 0.0544. The van der Waals surface area contributed by atoms with E-state index in [9.17, 15) is 46.4 Å². The number of aliphatic hydroxyl groups is 4. The number of anilines is 4. The van der Waals surface area contributed by atoms with E-state index in [0.29, 0.717) is 11.4 Å². The molecule has 2 aliphatic rings. The standard InChI is InChI=1S/C40H48N12O10S2/c1-25(53)49(26(2)54)39-23-37(45-51(47-39)43-31-11-7-5-8-12-31)41-33-19-17-29(35(21-33)63(57,58)59)15-16-30-18-20-34(22-36(30)64(60,61)62)42-38-24-40(50(27(3)55)28(4)56)48-52(46-38)44-32-13-9-6-10-14-32/h5-28,41-46,53-56H,1-4H3,(H,57,58,59)(H,60,61,62)/b16-15+. The van der Waals surface area contributed by atoms with E-state index in [-0.39, 0.29) is 45.8 Å². The van der Waals surface area contributed by atoms with Crippen LogP contribution in [-0.2, 0) is 20.2 Å². The van der Waals surface area contributed by atoms with Crippen molar-refractivity contribution in [3.8, 4) is 0 Å². The molecule has 0 saturated carbocycles. The number of hydrazone groups is 2. The molecule has 22 nitrogen and oxygen atoms in total. The van der Waals surface area contributed by atoms with Crippen molar-refractivity contribution in [3.63, 3.8) is 0 Å². The van der Waals surface area contributed by atoms with E-state index in [2.05, 4.69) is 42.5 Å². The maximum atomic E-state index is 12.7. The van der Waals surface area contributed by atoms with Gasteiger partial charge in [0.15, 0.2) is 11.7 Å². The number of hydrazine groups is 4. The first-order chi connectivity index (χ1) is 30.2. The van der Waals surface area contributed by atoms with Gasteiger partial charge < -0.3 is 40.9 Å². The third kappa shape index (κ3) is 12.0. The van der Waals surface area contributed by atoms with Crippen LogP contribution in [0.3, 0.4) is 0 Å². The summed E-state index contributed by atoms with van der Waals surface area (Å²) in [6.45, 7) is 5.75. The Hall–Kier alpha value is -6.90. The topological polar surface area (TPSA) is 300 Å². The first-order valence-corrected chi connectivity index (χ1v) is 22.2. The van der Waals surface area contributed by atoms with Crippen LogP contribution in [0.25, 0.3) is 12.2 Å². The number of rotatable bonds is 16. The summed E-state index contributed by atoms with van der Waals surface area (Å²) in [6, 6.07) is 25.8. The number of aliphatic hydroxyl groups excluding tert-OH is 4. The first-order valence-electron chi connectivity index (χ1n) is 19.4. The molecule has 24 heteroatoms. The van der Waals surface area contributed by atoms with Crippen molar-refractivity contribution in [2.45, 2.75) is 62.4 Å². The zero-order valence-corrected chi connectivity index (χ0v) is 36.3. The van der Waals surface area contributed by atoms with E-state index in [1.165, 1.54) is 96.5 Å². The molecule has 0 spiro atoms. The maximum Gasteiger partial charge on any atom is 0.295 e. The number of hydrogen-bond donors (Lipinski definition) is 12. The van der Waals surface area contributed by atoms with Crippen LogP contribution in [0.5, 0.6) is 0 Å². The summed E-state index contributed by atoms with van der Waals surface area (Å²) in [4.78, 5) is 1.29. The fourth-order valence-corrected chi connectivity index (χ4v) is 7.87. The molecule has 4 aromatic carbocycles. The lowest BCUT2D eigenvalue weighted by molar-refractivity contribution is -0.0367. The van der Waals surface area contributed by atoms with Crippen molar-refractivity contribution in [1.29, 1.82) is 0 Å². The third-order valence-corrected chi connectivity index (χ3v) is 11.0. The Balaban J connectivity index is 1.27. The predicted molar refractivity (Wildman–Crippen MR) is 240 cm³/mol. The zero-order chi connectivity index (χ0) is 46.3. The van der Waals surface area contributed by atoms with Gasteiger partial charge in [0.1, 0.15) is 46.3 Å². The molecule has 4 aromatic rings. The maximum absolute atomic E-state index is 12.7. The fourth-order valence-electron chi connectivity index (χ4n) is 6.45. The molecule has 2 heterocycles. The van der Waals surface area contributed by atoms with Gasteiger partial charge in [-0.2, -0.15) is 16.8 Å². The van der Waals surface area contributed by atoms with Crippen molar-refractivity contribution >= 4 is 66.8 Å². The highest BCUT2D eigenvalue weighted by molar-refractivity contribution is 7.86. The van der Waals surface area contributed by atoms with Gasteiger partial charge in [-0.25, -0.2) is 10.9 Å². The van der Waals surface area contributed by atoms with Crippen LogP contribution in [-0.4, -0.2) is 103 Å². The highest BCUT2D eigenvalue weighted by Gasteiger charge is 2.27. The molecular weight excluding hydrogens is 873 g/mol. The lowest BCUT2D eigenvalue weighted by Crippen LogP contribution is -2.50. The molecule has 2 aliphatic heterocycles. The molecule has 340 valence electrons. The number of nitrogens with one attached hydrogen (secondary N) is 6. The SMILES string of the molecule is CC(O)N(C1=NN(Nc2ccccc2)NC(Nc2ccc(/C=C/c3ccc(NC4=CC(N(C(C)O)C(C)O)=NN(Nc5ccccc5)N4)cc3S(=O)(=O)O)c(S(=O)(=O)O)c2)=C1)C(C)O. The second-order valence-electron chi connectivity index (χ2n) is 14.2. The predicted octanol–water partition coefficient (Wildman–Crippen LogP) is 3.14. The van der Waals surface area contributed by atoms with Crippen molar-refractivity contribution < 1.29 is 46.4 Å². The molecule has 0 amide bonds. The second kappa shape index (κ2) is 19.7. The normalized spacial score (nSPS) is 16.2. The Morgan fingerprint density at radius 2 is 0.891 bits per heavy atom. The quantitative estimate of drug-likeness (QED) is 0.0437. The van der Waals surface area contributed by atoms with Crippen molar-refractivity contribution in [2.75, 3.05) is 21.5 Å². The highest BCUT2D eigenvalue weighted by atomic mass is 32.2. The summed E-state index contributed by atoms with van der Waals surface area (Å²) in [7, 11) is -9.81. The molecule has 0 fully saturated rings. The molecule has 0 aromatic heterocycles. The van der Waals surface area contributed by atoms with E-state index in [1.807, 2.05) is 12.1 Å². The molecular formula is C40H48N12O10S2. The van der Waals surface area contributed by atoms with Crippen LogP contribution < -0.4 is 32.3 Å². The summed E-state index contributed by atoms with van der Waals surface area (Å²) >= 11 is 0. The number of para-hydroxylation sites is 2. The Morgan fingerprint density at radius 3 is 1.20 bits per heavy atom. The zero-order valence-electron chi connectivity index (χ0n) is 34.7. The number of hydrogen-bond acceptors (Lipinski definition) is 20. The molecule has 6 rings (SSSR count). The third-order valence-electron chi connectivity index (χ3n) is 9.14. The smallest absolute Gasteiger partial charge is 0.295 e. The number of benzene rings is 4. The number of amidine groups is 2. The minimum Gasteiger partial charge on any atom is -0.374 e. The van der Waals surface area contributed by atoms with E-state index in [1.54, 1.807) is 48.5 Å². The van der Waals surface area contributed by atoms with Gasteiger partial charge in [0.05, 0.1) is 11.4 Å². The van der Waals surface area contributed by atoms with Gasteiger partial charge in [-0.1, -0.05) is 60.7 Å². The Labute approximate surface area is 369 Å². The molecule has 0 bridgehead atoms. The molecule has 0 saturated heterocycles. The summed E-state index contributed by atoms with van der Waals surface area (Å²) in [5, 5.41) is 58.9. The van der Waals surface area contributed by atoms with Gasteiger partial charge >= 0.3 is 0 Å². The van der Waals surface area contributed by atoms with Crippen molar-refractivity contribution in [2.24, 2.45) is 10.2 Å². The lowest BCUT2D eigenvalue weighted by atomic mass is 10.1. The Kier molecular flexibility index (Phi) is 14.3. The van der Waals surface area contributed by atoms with E-state index in [0.717, 1.165) is 12.1 Å². The largest absolute Gasteiger partial charge is 0.374 e. The van der Waals surface area contributed by atoms with Crippen LogP contribution in [0.2, 0.25) is 0 Å². The Bertz CT molecular complexity index is 2480. The van der Waals surface area contributed by atoms with Crippen LogP contribution in [0.1, 0.15) is 38.8 Å². The van der Waals surface area contributed by atoms with Gasteiger partial charge in [0.2, 0.25) is 0 Å². The Morgan fingerprint density at radius 1 is 0.547 bits per heavy atom. The van der Waals surface area contributed by atoms with Gasteiger partial charge in [-0.15, -0.1) is 20.7 Å². The second-order valence-corrected chi connectivity index (χ2v) is 17.0. The average molecular weight is 921 g/mol. The molecule has 4 unspecified atom stereocenters. The molecule has 4 atom stereocenters. The van der Waals surface area contributed by atoms with Gasteiger partial charge in [0, 0.05) is 23.5 Å². The van der Waals surface area contributed by atoms with E-state index >= 15 is 0 Å². The van der Waals surface area contributed by atoms with Crippen LogP contribution in [0, 0.1) is 0 Å². The molecule has 0 radical (unpaired) electrons. The van der Waals surface area contributed by atoms with Crippen LogP contribution in [0.4, 0.5) is 22.7 Å². The van der Waals surface area contributed by atoms with Gasteiger partial charge in [-0.05, 0) is 87.4 Å². The van der Waals surface area contributed by atoms with Gasteiger partial charge in [0.25, 0.3) is 20.2 Å². The molecule has 12 N–H and O–H groups in total. The monoisotopic (exact) mass is 920 g/mol. The lowest BCUT2D eigenvalue weighted by Gasteiger charge is -2.35. The number of nitrogens with zero attached hydrogens (tertiary/aromatic N) is 6. The average Bonchev–Trinajstić information content (AvgIpc) is 3.20. The van der Waals surface area contributed by atoms with E-state index < -0.39 is 54.9 Å². The summed E-state index contributed by atoms with van der Waals surface area (Å²) in [6.07, 6.45) is 0.677. The van der Waals surface area contributed by atoms with Crippen molar-refractivity contribution in [1.82, 2.24) is 31.1 Å². The minimum atomic E-state index is -4.90. The van der Waals surface area contributed by atoms with Crippen LogP contribution >= 0.6 is 0 Å². The van der Waals surface area contributed by atoms with Crippen LogP contribution in [0.15, 0.2) is 141 Å². The highest BCUT2D eigenvalue weighted by Crippen LogP contribution is 2.28. The van der Waals surface area contributed by atoms with Gasteiger partial charge in [-0.3, -0.25) is 20.0 Å². The molecule has 64 heavy (non-hydrogen) atoms. The molecule has 0 aliphatic carbocycles. The summed E-state index contributed by atoms with van der Waals surface area (Å²) in [5.74, 6) is 0.599. The van der Waals surface area contributed by atoms with E-state index in [4.69, 9.17) is 0 Å². The van der Waals surface area contributed by atoms with Crippen molar-refractivity contribution in [3.05, 3.63) is 132 Å². The summed E-state index contributed by atoms with van der Waals surface area (Å²) < 4.78 is 71.6. The fraction of sp³-hybridized carbons (Fsp3) is 0.200. The first kappa shape index (κ1) is 46.6.